The van der Waals surface area contributed by atoms with E-state index in [0.29, 0.717) is 23.0 Å². The van der Waals surface area contributed by atoms with Crippen molar-refractivity contribution in [1.29, 1.82) is 5.26 Å². The standard InChI is InChI=1S/C13H16ClN3/c1-13(8-16,10-3-4-10)17-12-6-11(14)5-2-9(12)7-15/h2,5-6,10,17H,3-4,8,16H2,1H3. The SMILES string of the molecule is CC(CN)(Nc1cc(Cl)ccc1C#N)C1CC1. The summed E-state index contributed by atoms with van der Waals surface area (Å²) in [6, 6.07) is 7.41. The number of hydrogen-bond donors (Lipinski definition) is 2. The third-order valence-corrected chi connectivity index (χ3v) is 3.66. The smallest absolute Gasteiger partial charge is 0.101 e. The third-order valence-electron chi connectivity index (χ3n) is 3.42. The first-order valence-corrected chi connectivity index (χ1v) is 6.15. The molecule has 0 spiro atoms. The topological polar surface area (TPSA) is 61.8 Å². The van der Waals surface area contributed by atoms with Gasteiger partial charge in [-0.25, -0.2) is 0 Å². The summed E-state index contributed by atoms with van der Waals surface area (Å²) in [5, 5.41) is 13.1. The molecule has 0 bridgehead atoms. The largest absolute Gasteiger partial charge is 0.377 e. The molecule has 3 nitrogen and oxygen atoms in total. The first kappa shape index (κ1) is 12.2. The van der Waals surface area contributed by atoms with Crippen molar-refractivity contribution in [2.45, 2.75) is 25.3 Å². The summed E-state index contributed by atoms with van der Waals surface area (Å²) in [6.07, 6.45) is 2.40. The highest BCUT2D eigenvalue weighted by Crippen LogP contribution is 2.41. The number of nitriles is 1. The van der Waals surface area contributed by atoms with Crippen molar-refractivity contribution < 1.29 is 0 Å². The van der Waals surface area contributed by atoms with Crippen molar-refractivity contribution in [2.75, 3.05) is 11.9 Å². The number of rotatable bonds is 4. The van der Waals surface area contributed by atoms with Crippen molar-refractivity contribution in [1.82, 2.24) is 0 Å². The Labute approximate surface area is 107 Å². The van der Waals surface area contributed by atoms with E-state index in [2.05, 4.69) is 18.3 Å². The Morgan fingerprint density at radius 1 is 1.59 bits per heavy atom. The van der Waals surface area contributed by atoms with Crippen LogP contribution in [0.4, 0.5) is 5.69 Å². The number of hydrogen-bond acceptors (Lipinski definition) is 3. The van der Waals surface area contributed by atoms with Crippen LogP contribution in [0.3, 0.4) is 0 Å². The first-order chi connectivity index (χ1) is 8.09. The van der Waals surface area contributed by atoms with Crippen LogP contribution in [-0.4, -0.2) is 12.1 Å². The fourth-order valence-corrected chi connectivity index (χ4v) is 2.24. The van der Waals surface area contributed by atoms with Crippen LogP contribution in [0.1, 0.15) is 25.3 Å². The molecule has 3 N–H and O–H groups in total. The zero-order chi connectivity index (χ0) is 12.5. The molecule has 1 unspecified atom stereocenters. The Balaban J connectivity index is 2.28. The minimum atomic E-state index is -0.143. The van der Waals surface area contributed by atoms with Gasteiger partial charge in [-0.2, -0.15) is 5.26 Å². The predicted octanol–water partition coefficient (Wildman–Crippen LogP) is 2.75. The van der Waals surface area contributed by atoms with Gasteiger partial charge in [-0.1, -0.05) is 11.6 Å². The summed E-state index contributed by atoms with van der Waals surface area (Å²) in [4.78, 5) is 0. The zero-order valence-corrected chi connectivity index (χ0v) is 10.6. The lowest BCUT2D eigenvalue weighted by atomic mass is 9.95. The quantitative estimate of drug-likeness (QED) is 0.863. The van der Waals surface area contributed by atoms with Crippen LogP contribution in [0.5, 0.6) is 0 Å². The molecular weight excluding hydrogens is 234 g/mol. The van der Waals surface area contributed by atoms with Gasteiger partial charge in [-0.3, -0.25) is 0 Å². The van der Waals surface area contributed by atoms with E-state index < -0.39 is 0 Å². The molecule has 1 saturated carbocycles. The number of benzene rings is 1. The number of anilines is 1. The van der Waals surface area contributed by atoms with Crippen molar-refractivity contribution in [2.24, 2.45) is 11.7 Å². The molecular formula is C13H16ClN3. The molecule has 0 aliphatic heterocycles. The van der Waals surface area contributed by atoms with Crippen molar-refractivity contribution in [3.63, 3.8) is 0 Å². The molecule has 0 heterocycles. The maximum absolute atomic E-state index is 9.07. The molecule has 0 saturated heterocycles. The molecule has 1 aromatic rings. The van der Waals surface area contributed by atoms with Gasteiger partial charge in [0, 0.05) is 17.1 Å². The lowest BCUT2D eigenvalue weighted by molar-refractivity contribution is 0.459. The summed E-state index contributed by atoms with van der Waals surface area (Å²) in [5.74, 6) is 0.595. The second-order valence-corrected chi connectivity index (χ2v) is 5.26. The van der Waals surface area contributed by atoms with Gasteiger partial charge in [0.1, 0.15) is 6.07 Å². The molecule has 1 fully saturated rings. The van der Waals surface area contributed by atoms with Gasteiger partial charge < -0.3 is 11.1 Å². The molecule has 0 aromatic heterocycles. The molecule has 17 heavy (non-hydrogen) atoms. The number of nitrogens with one attached hydrogen (secondary N) is 1. The van der Waals surface area contributed by atoms with E-state index in [4.69, 9.17) is 22.6 Å². The number of halogens is 1. The lowest BCUT2D eigenvalue weighted by Crippen LogP contribution is -2.44. The molecule has 1 aliphatic rings. The van der Waals surface area contributed by atoms with Gasteiger partial charge in [0.25, 0.3) is 0 Å². The Morgan fingerprint density at radius 3 is 2.82 bits per heavy atom. The molecule has 1 aliphatic carbocycles. The van der Waals surface area contributed by atoms with Crippen LogP contribution in [-0.2, 0) is 0 Å². The molecule has 4 heteroatoms. The van der Waals surface area contributed by atoms with Gasteiger partial charge >= 0.3 is 0 Å². The van der Waals surface area contributed by atoms with E-state index in [1.165, 1.54) is 12.8 Å². The molecule has 1 aromatic carbocycles. The second-order valence-electron chi connectivity index (χ2n) is 4.82. The Kier molecular flexibility index (Phi) is 3.28. The highest BCUT2D eigenvalue weighted by molar-refractivity contribution is 6.30. The van der Waals surface area contributed by atoms with Crippen LogP contribution in [0.25, 0.3) is 0 Å². The molecule has 0 amide bonds. The number of nitrogens with zero attached hydrogens (tertiary/aromatic N) is 1. The summed E-state index contributed by atoms with van der Waals surface area (Å²) in [7, 11) is 0. The van der Waals surface area contributed by atoms with Gasteiger partial charge in [0.05, 0.1) is 11.3 Å². The first-order valence-electron chi connectivity index (χ1n) is 5.77. The van der Waals surface area contributed by atoms with Crippen LogP contribution in [0.15, 0.2) is 18.2 Å². The van der Waals surface area contributed by atoms with E-state index in [-0.39, 0.29) is 5.54 Å². The van der Waals surface area contributed by atoms with Gasteiger partial charge in [-0.05, 0) is 43.9 Å². The van der Waals surface area contributed by atoms with E-state index in [1.807, 2.05) is 0 Å². The maximum atomic E-state index is 9.07. The Bertz CT molecular complexity index is 462. The fourth-order valence-electron chi connectivity index (χ4n) is 2.07. The summed E-state index contributed by atoms with van der Waals surface area (Å²) in [6.45, 7) is 2.65. The summed E-state index contributed by atoms with van der Waals surface area (Å²) < 4.78 is 0. The molecule has 90 valence electrons. The second kappa shape index (κ2) is 4.56. The van der Waals surface area contributed by atoms with Crippen LogP contribution in [0, 0.1) is 17.2 Å². The third kappa shape index (κ3) is 2.54. The van der Waals surface area contributed by atoms with Crippen molar-refractivity contribution in [3.8, 4) is 6.07 Å². The van der Waals surface area contributed by atoms with Crippen molar-refractivity contribution >= 4 is 17.3 Å². The van der Waals surface area contributed by atoms with E-state index in [9.17, 15) is 0 Å². The minimum Gasteiger partial charge on any atom is -0.377 e. The summed E-state index contributed by atoms with van der Waals surface area (Å²) >= 11 is 5.96. The monoisotopic (exact) mass is 249 g/mol. The van der Waals surface area contributed by atoms with Gasteiger partial charge in [0.2, 0.25) is 0 Å². The highest BCUT2D eigenvalue weighted by atomic mass is 35.5. The van der Waals surface area contributed by atoms with Crippen LogP contribution < -0.4 is 11.1 Å². The fraction of sp³-hybridized carbons (Fsp3) is 0.462. The van der Waals surface area contributed by atoms with Crippen LogP contribution in [0.2, 0.25) is 5.02 Å². The Hall–Kier alpha value is -1.24. The van der Waals surface area contributed by atoms with Gasteiger partial charge in [0.15, 0.2) is 0 Å². The average Bonchev–Trinajstić information content (AvgIpc) is 3.13. The number of nitrogens with two attached hydrogens (primary N) is 1. The average molecular weight is 250 g/mol. The van der Waals surface area contributed by atoms with E-state index in [1.54, 1.807) is 18.2 Å². The Morgan fingerprint density at radius 2 is 2.29 bits per heavy atom. The predicted molar refractivity (Wildman–Crippen MR) is 70.0 cm³/mol. The minimum absolute atomic E-state index is 0.143. The van der Waals surface area contributed by atoms with Crippen LogP contribution >= 0.6 is 11.6 Å². The highest BCUT2D eigenvalue weighted by Gasteiger charge is 2.40. The van der Waals surface area contributed by atoms with Gasteiger partial charge in [-0.15, -0.1) is 0 Å². The zero-order valence-electron chi connectivity index (χ0n) is 9.83. The lowest BCUT2D eigenvalue weighted by Gasteiger charge is -2.31. The normalized spacial score (nSPS) is 18.2. The maximum Gasteiger partial charge on any atom is 0.101 e. The summed E-state index contributed by atoms with van der Waals surface area (Å²) in [5.41, 5.74) is 7.09. The van der Waals surface area contributed by atoms with E-state index >= 15 is 0 Å². The molecule has 1 atom stereocenters. The molecule has 2 rings (SSSR count). The van der Waals surface area contributed by atoms with E-state index in [0.717, 1.165) is 5.69 Å². The van der Waals surface area contributed by atoms with Crippen molar-refractivity contribution in [3.05, 3.63) is 28.8 Å². The molecule has 0 radical (unpaired) electrons.